The molecule has 1 fully saturated rings. The fourth-order valence-corrected chi connectivity index (χ4v) is 3.10. The topological polar surface area (TPSA) is 20.2 Å². The summed E-state index contributed by atoms with van der Waals surface area (Å²) in [5.41, 5.74) is 1.53. The number of aliphatic hydroxyl groups is 1. The molecule has 2 aliphatic carbocycles. The molecule has 84 valence electrons. The van der Waals surface area contributed by atoms with Crippen LogP contribution >= 0.6 is 0 Å². The third kappa shape index (κ3) is 1.90. The Bertz CT molecular complexity index is 302. The van der Waals surface area contributed by atoms with Crippen molar-refractivity contribution in [2.75, 3.05) is 0 Å². The Morgan fingerprint density at radius 1 is 1.67 bits per heavy atom. The van der Waals surface area contributed by atoms with Gasteiger partial charge in [0.05, 0.1) is 6.10 Å². The van der Waals surface area contributed by atoms with E-state index < -0.39 is 0 Å². The highest BCUT2D eigenvalue weighted by Crippen LogP contribution is 2.53. The van der Waals surface area contributed by atoms with Gasteiger partial charge in [0.2, 0.25) is 0 Å². The van der Waals surface area contributed by atoms with E-state index in [9.17, 15) is 5.11 Å². The molecule has 0 aliphatic heterocycles. The minimum atomic E-state index is -0.239. The van der Waals surface area contributed by atoms with Crippen molar-refractivity contribution < 1.29 is 5.11 Å². The molecule has 2 bridgehead atoms. The van der Waals surface area contributed by atoms with Gasteiger partial charge in [-0.05, 0) is 49.0 Å². The summed E-state index contributed by atoms with van der Waals surface area (Å²) in [5, 5.41) is 9.75. The Kier molecular flexibility index (Phi) is 2.76. The van der Waals surface area contributed by atoms with Crippen LogP contribution < -0.4 is 0 Å². The SMILES string of the molecule is CCC(O)/C(C)=C/C1CC2C=CC1(C)C2. The van der Waals surface area contributed by atoms with Crippen LogP contribution in [0.3, 0.4) is 0 Å². The number of rotatable bonds is 3. The predicted octanol–water partition coefficient (Wildman–Crippen LogP) is 3.31. The van der Waals surface area contributed by atoms with Crippen LogP contribution in [0, 0.1) is 17.3 Å². The summed E-state index contributed by atoms with van der Waals surface area (Å²) in [5.74, 6) is 1.44. The summed E-state index contributed by atoms with van der Waals surface area (Å²) in [7, 11) is 0. The van der Waals surface area contributed by atoms with E-state index in [1.807, 2.05) is 6.92 Å². The summed E-state index contributed by atoms with van der Waals surface area (Å²) >= 11 is 0. The van der Waals surface area contributed by atoms with Crippen molar-refractivity contribution in [3.05, 3.63) is 23.8 Å². The quantitative estimate of drug-likeness (QED) is 0.702. The van der Waals surface area contributed by atoms with Gasteiger partial charge in [0.1, 0.15) is 0 Å². The summed E-state index contributed by atoms with van der Waals surface area (Å²) in [6, 6.07) is 0. The van der Waals surface area contributed by atoms with Crippen molar-refractivity contribution in [3.63, 3.8) is 0 Å². The van der Waals surface area contributed by atoms with Crippen LogP contribution in [0.2, 0.25) is 0 Å². The first-order chi connectivity index (χ1) is 7.05. The van der Waals surface area contributed by atoms with Gasteiger partial charge in [-0.2, -0.15) is 0 Å². The second kappa shape index (κ2) is 3.79. The molecular weight excluding hydrogens is 184 g/mol. The third-order valence-corrected chi connectivity index (χ3v) is 4.23. The van der Waals surface area contributed by atoms with Gasteiger partial charge in [0, 0.05) is 0 Å². The maximum Gasteiger partial charge on any atom is 0.0744 e. The Morgan fingerprint density at radius 2 is 2.40 bits per heavy atom. The van der Waals surface area contributed by atoms with Gasteiger partial charge in [-0.25, -0.2) is 0 Å². The molecule has 0 aromatic heterocycles. The molecule has 1 nitrogen and oxygen atoms in total. The van der Waals surface area contributed by atoms with Crippen LogP contribution in [0.15, 0.2) is 23.8 Å². The highest BCUT2D eigenvalue weighted by atomic mass is 16.3. The van der Waals surface area contributed by atoms with Crippen molar-refractivity contribution >= 4 is 0 Å². The van der Waals surface area contributed by atoms with Crippen LogP contribution in [0.1, 0.15) is 40.0 Å². The summed E-state index contributed by atoms with van der Waals surface area (Å²) in [4.78, 5) is 0. The van der Waals surface area contributed by atoms with Crippen LogP contribution in [0.5, 0.6) is 0 Å². The summed E-state index contributed by atoms with van der Waals surface area (Å²) in [6.45, 7) is 6.45. The maximum absolute atomic E-state index is 9.75. The lowest BCUT2D eigenvalue weighted by atomic mass is 9.78. The molecule has 1 heteroatoms. The maximum atomic E-state index is 9.75. The lowest BCUT2D eigenvalue weighted by molar-refractivity contribution is 0.204. The number of hydrogen-bond donors (Lipinski definition) is 1. The van der Waals surface area contributed by atoms with Crippen LogP contribution in [-0.4, -0.2) is 11.2 Å². The molecule has 1 N–H and O–H groups in total. The highest BCUT2D eigenvalue weighted by molar-refractivity contribution is 5.23. The van der Waals surface area contributed by atoms with Crippen molar-refractivity contribution in [2.24, 2.45) is 17.3 Å². The molecule has 0 aromatic carbocycles. The minimum absolute atomic E-state index is 0.239. The zero-order chi connectivity index (χ0) is 11.1. The molecule has 0 heterocycles. The first-order valence-electron chi connectivity index (χ1n) is 6.11. The van der Waals surface area contributed by atoms with E-state index in [0.29, 0.717) is 11.3 Å². The van der Waals surface area contributed by atoms with Gasteiger partial charge in [-0.1, -0.05) is 32.1 Å². The molecule has 0 aromatic rings. The molecule has 0 saturated heterocycles. The molecule has 15 heavy (non-hydrogen) atoms. The van der Waals surface area contributed by atoms with Crippen LogP contribution in [-0.2, 0) is 0 Å². The normalized spacial score (nSPS) is 41.2. The zero-order valence-electron chi connectivity index (χ0n) is 10.0. The highest BCUT2D eigenvalue weighted by Gasteiger charge is 2.43. The molecule has 2 rings (SSSR count). The second-order valence-electron chi connectivity index (χ2n) is 5.51. The first-order valence-corrected chi connectivity index (χ1v) is 6.11. The number of hydrogen-bond acceptors (Lipinski definition) is 1. The Morgan fingerprint density at radius 3 is 2.87 bits per heavy atom. The van der Waals surface area contributed by atoms with E-state index in [2.05, 4.69) is 32.1 Å². The molecule has 2 aliphatic rings. The van der Waals surface area contributed by atoms with Gasteiger partial charge in [-0.3, -0.25) is 0 Å². The van der Waals surface area contributed by atoms with Gasteiger partial charge in [-0.15, -0.1) is 0 Å². The molecule has 0 spiro atoms. The summed E-state index contributed by atoms with van der Waals surface area (Å²) in [6.07, 6.45) is 10.2. The standard InChI is InChI=1S/C14H22O/c1-4-13(15)10(2)7-12-8-11-5-6-14(12,3)9-11/h5-7,11-13,15H,4,8-9H2,1-3H3/b10-7+. The zero-order valence-corrected chi connectivity index (χ0v) is 10.0. The van der Waals surface area contributed by atoms with Crippen molar-refractivity contribution in [2.45, 2.75) is 46.1 Å². The largest absolute Gasteiger partial charge is 0.389 e. The first kappa shape index (κ1) is 10.9. The third-order valence-electron chi connectivity index (χ3n) is 4.23. The van der Waals surface area contributed by atoms with Crippen molar-refractivity contribution in [1.82, 2.24) is 0 Å². The van der Waals surface area contributed by atoms with Gasteiger partial charge in [0.25, 0.3) is 0 Å². The Hall–Kier alpha value is -0.560. The molecule has 1 saturated carbocycles. The van der Waals surface area contributed by atoms with E-state index in [1.54, 1.807) is 0 Å². The molecule has 4 atom stereocenters. The smallest absolute Gasteiger partial charge is 0.0744 e. The van der Waals surface area contributed by atoms with Crippen LogP contribution in [0.25, 0.3) is 0 Å². The fraction of sp³-hybridized carbons (Fsp3) is 0.714. The molecule has 0 amide bonds. The van der Waals surface area contributed by atoms with Gasteiger partial charge in [0.15, 0.2) is 0 Å². The minimum Gasteiger partial charge on any atom is -0.389 e. The van der Waals surface area contributed by atoms with E-state index in [4.69, 9.17) is 0 Å². The summed E-state index contributed by atoms with van der Waals surface area (Å²) < 4.78 is 0. The fourth-order valence-electron chi connectivity index (χ4n) is 3.10. The average Bonchev–Trinajstić information content (AvgIpc) is 2.71. The lowest BCUT2D eigenvalue weighted by Crippen LogP contribution is -2.18. The Labute approximate surface area is 92.9 Å². The lowest BCUT2D eigenvalue weighted by Gasteiger charge is -2.26. The van der Waals surface area contributed by atoms with Crippen molar-refractivity contribution in [1.29, 1.82) is 0 Å². The predicted molar refractivity (Wildman–Crippen MR) is 63.5 cm³/mol. The number of allylic oxidation sites excluding steroid dienone is 3. The second-order valence-corrected chi connectivity index (χ2v) is 5.51. The van der Waals surface area contributed by atoms with E-state index in [0.717, 1.165) is 17.9 Å². The molecule has 4 unspecified atom stereocenters. The van der Waals surface area contributed by atoms with Crippen molar-refractivity contribution in [3.8, 4) is 0 Å². The number of fused-ring (bicyclic) bond motifs is 2. The van der Waals surface area contributed by atoms with E-state index in [-0.39, 0.29) is 6.10 Å². The average molecular weight is 206 g/mol. The Balaban J connectivity index is 2.11. The van der Waals surface area contributed by atoms with Crippen LogP contribution in [0.4, 0.5) is 0 Å². The number of aliphatic hydroxyl groups excluding tert-OH is 1. The molecular formula is C14H22O. The van der Waals surface area contributed by atoms with E-state index in [1.165, 1.54) is 12.8 Å². The van der Waals surface area contributed by atoms with E-state index >= 15 is 0 Å². The van der Waals surface area contributed by atoms with Gasteiger partial charge < -0.3 is 5.11 Å². The van der Waals surface area contributed by atoms with Gasteiger partial charge >= 0.3 is 0 Å². The monoisotopic (exact) mass is 206 g/mol. The molecule has 0 radical (unpaired) electrons.